The Labute approximate surface area is 202 Å². The highest BCUT2D eigenvalue weighted by Crippen LogP contribution is 2.42. The average Bonchev–Trinajstić information content (AvgIpc) is 3.29. The van der Waals surface area contributed by atoms with Gasteiger partial charge in [-0.05, 0) is 35.4 Å². The van der Waals surface area contributed by atoms with Gasteiger partial charge in [0.25, 0.3) is 0 Å². The molecule has 7 nitrogen and oxygen atoms in total. The zero-order valence-electron chi connectivity index (χ0n) is 19.1. The molecule has 2 heterocycles. The van der Waals surface area contributed by atoms with Crippen LogP contribution < -0.4 is 10.1 Å². The molecule has 0 saturated carbocycles. The molecule has 0 aliphatic carbocycles. The summed E-state index contributed by atoms with van der Waals surface area (Å²) < 4.78 is 11.6. The first kappa shape index (κ1) is 22.2. The normalized spacial score (nSPS) is 10.9. The molecule has 0 aliphatic rings. The van der Waals surface area contributed by atoms with Gasteiger partial charge in [0.1, 0.15) is 24.4 Å². The van der Waals surface area contributed by atoms with Crippen LogP contribution in [0, 0.1) is 0 Å². The van der Waals surface area contributed by atoms with Gasteiger partial charge >= 0.3 is 5.97 Å². The average molecular weight is 466 g/mol. The molecule has 0 bridgehead atoms. The predicted molar refractivity (Wildman–Crippen MR) is 135 cm³/mol. The number of hydrogen-bond acceptors (Lipinski definition) is 6. The highest BCUT2D eigenvalue weighted by Gasteiger charge is 2.22. The molecule has 3 aromatic carbocycles. The Morgan fingerprint density at radius 2 is 1.77 bits per heavy atom. The van der Waals surface area contributed by atoms with Crippen LogP contribution in [0.15, 0.2) is 89.6 Å². The molecule has 0 radical (unpaired) electrons. The van der Waals surface area contributed by atoms with Gasteiger partial charge in [0, 0.05) is 23.2 Å². The maximum absolute atomic E-state index is 10.9. The van der Waals surface area contributed by atoms with E-state index in [1.165, 1.54) is 6.33 Å². The second-order valence-corrected chi connectivity index (χ2v) is 8.03. The first-order valence-electron chi connectivity index (χ1n) is 11.1. The number of nitrogens with one attached hydrogen (secondary N) is 1. The third-order valence-electron chi connectivity index (χ3n) is 5.72. The Bertz CT molecular complexity index is 1480. The van der Waals surface area contributed by atoms with E-state index in [2.05, 4.69) is 15.3 Å². The summed E-state index contributed by atoms with van der Waals surface area (Å²) in [6.07, 6.45) is 2.04. The summed E-state index contributed by atoms with van der Waals surface area (Å²) in [5.41, 5.74) is 5.90. The molecule has 0 fully saturated rings. The Balaban J connectivity index is 1.64. The predicted octanol–water partition coefficient (Wildman–Crippen LogP) is 5.65. The van der Waals surface area contributed by atoms with Crippen molar-refractivity contribution >= 4 is 22.8 Å². The van der Waals surface area contributed by atoms with Crippen molar-refractivity contribution in [1.29, 1.82) is 0 Å². The van der Waals surface area contributed by atoms with Gasteiger partial charge in [-0.1, -0.05) is 54.6 Å². The van der Waals surface area contributed by atoms with E-state index in [0.717, 1.165) is 50.5 Å². The minimum absolute atomic E-state index is 0.148. The number of carboxylic acids is 1. The number of ether oxygens (including phenoxy) is 1. The highest BCUT2D eigenvalue weighted by molar-refractivity contribution is 6.01. The van der Waals surface area contributed by atoms with E-state index in [1.54, 1.807) is 7.11 Å². The van der Waals surface area contributed by atoms with Crippen molar-refractivity contribution in [3.8, 4) is 28.2 Å². The molecule has 7 heteroatoms. The van der Waals surface area contributed by atoms with Gasteiger partial charge in [0.2, 0.25) is 5.71 Å². The fourth-order valence-electron chi connectivity index (χ4n) is 4.12. The molecule has 0 amide bonds. The number of carboxylic acid groups (broad SMARTS) is 1. The lowest BCUT2D eigenvalue weighted by Crippen LogP contribution is -2.12. The monoisotopic (exact) mass is 465 g/mol. The Morgan fingerprint density at radius 1 is 0.971 bits per heavy atom. The molecule has 0 aliphatic heterocycles. The Kier molecular flexibility index (Phi) is 6.13. The largest absolute Gasteiger partial charge is 0.497 e. The number of hydrogen-bond donors (Lipinski definition) is 2. The van der Waals surface area contributed by atoms with Crippen LogP contribution in [0.2, 0.25) is 0 Å². The molecule has 0 saturated heterocycles. The fourth-order valence-corrected chi connectivity index (χ4v) is 4.12. The standard InChI is InChI=1S/C28H23N3O4/c1-34-22-12-10-19(11-13-22)25-26-23(15-18-6-5-9-21(14-18)29-16-24(32)33)30-17-31-28(26)35-27(25)20-7-3-2-4-8-20/h2-14,17,29H,15-16H2,1H3,(H,32,33). The summed E-state index contributed by atoms with van der Waals surface area (Å²) in [4.78, 5) is 20.0. The van der Waals surface area contributed by atoms with Crippen molar-refractivity contribution in [1.82, 2.24) is 9.97 Å². The molecular formula is C28H23N3O4. The van der Waals surface area contributed by atoms with E-state index in [9.17, 15) is 4.79 Å². The quantitative estimate of drug-likeness (QED) is 0.305. The fraction of sp³-hybridized carbons (Fsp3) is 0.107. The number of aliphatic carboxylic acids is 1. The van der Waals surface area contributed by atoms with Crippen molar-refractivity contribution in [3.63, 3.8) is 0 Å². The zero-order valence-corrected chi connectivity index (χ0v) is 19.1. The lowest BCUT2D eigenvalue weighted by molar-refractivity contribution is -0.134. The lowest BCUT2D eigenvalue weighted by Gasteiger charge is -2.09. The van der Waals surface area contributed by atoms with E-state index in [0.29, 0.717) is 12.1 Å². The van der Waals surface area contributed by atoms with Crippen molar-refractivity contribution in [2.45, 2.75) is 6.42 Å². The van der Waals surface area contributed by atoms with Gasteiger partial charge in [-0.15, -0.1) is 0 Å². The molecule has 35 heavy (non-hydrogen) atoms. The number of rotatable bonds is 8. The highest BCUT2D eigenvalue weighted by atomic mass is 16.5. The maximum atomic E-state index is 10.9. The van der Waals surface area contributed by atoms with Gasteiger partial charge in [-0.25, -0.2) is 9.97 Å². The smallest absolute Gasteiger partial charge is 0.322 e. The number of methoxy groups -OCH3 is 1. The molecule has 0 unspecified atom stereocenters. The Morgan fingerprint density at radius 3 is 2.51 bits per heavy atom. The first-order valence-corrected chi connectivity index (χ1v) is 11.1. The van der Waals surface area contributed by atoms with Crippen LogP contribution in [0.5, 0.6) is 5.75 Å². The summed E-state index contributed by atoms with van der Waals surface area (Å²) >= 11 is 0. The summed E-state index contributed by atoms with van der Waals surface area (Å²) in [6, 6.07) is 25.4. The number of aromatic nitrogens is 2. The number of carbonyl (C=O) groups is 1. The summed E-state index contributed by atoms with van der Waals surface area (Å²) in [6.45, 7) is -0.148. The van der Waals surface area contributed by atoms with Gasteiger partial charge in [-0.2, -0.15) is 0 Å². The third kappa shape index (κ3) is 4.70. The van der Waals surface area contributed by atoms with Crippen LogP contribution >= 0.6 is 0 Å². The number of benzene rings is 3. The third-order valence-corrected chi connectivity index (χ3v) is 5.72. The van der Waals surface area contributed by atoms with Crippen LogP contribution in [0.4, 0.5) is 5.69 Å². The Hall–Kier alpha value is -4.65. The van der Waals surface area contributed by atoms with Crippen molar-refractivity contribution in [2.24, 2.45) is 0 Å². The van der Waals surface area contributed by atoms with E-state index < -0.39 is 5.97 Å². The van der Waals surface area contributed by atoms with Crippen LogP contribution in [0.3, 0.4) is 0 Å². The molecule has 5 rings (SSSR count). The van der Waals surface area contributed by atoms with Crippen LogP contribution in [0.25, 0.3) is 33.6 Å². The summed E-state index contributed by atoms with van der Waals surface area (Å²) in [5.74, 6) is 0.582. The van der Waals surface area contributed by atoms with Gasteiger partial charge in [-0.3, -0.25) is 4.79 Å². The SMILES string of the molecule is COc1ccc(-c2c(-c3ccccc3)oc3ncnc(Cc4cccc(NCC(=O)O)c4)c23)cc1. The molecule has 2 N–H and O–H groups in total. The number of fused-ring (bicyclic) bond motifs is 1. The number of nitrogens with zero attached hydrogens (tertiary/aromatic N) is 2. The van der Waals surface area contributed by atoms with Gasteiger partial charge in [0.15, 0.2) is 0 Å². The van der Waals surface area contributed by atoms with Crippen LogP contribution in [0.1, 0.15) is 11.3 Å². The zero-order chi connectivity index (χ0) is 24.2. The van der Waals surface area contributed by atoms with Crippen LogP contribution in [-0.4, -0.2) is 34.7 Å². The minimum atomic E-state index is -0.913. The molecule has 5 aromatic rings. The van der Waals surface area contributed by atoms with Crippen molar-refractivity contribution < 1.29 is 19.1 Å². The van der Waals surface area contributed by atoms with E-state index in [-0.39, 0.29) is 6.54 Å². The van der Waals surface area contributed by atoms with Crippen molar-refractivity contribution in [3.05, 3.63) is 96.4 Å². The van der Waals surface area contributed by atoms with Gasteiger partial charge < -0.3 is 19.6 Å². The van der Waals surface area contributed by atoms with Crippen LogP contribution in [-0.2, 0) is 11.2 Å². The van der Waals surface area contributed by atoms with E-state index in [1.807, 2.05) is 78.9 Å². The second-order valence-electron chi connectivity index (χ2n) is 8.03. The maximum Gasteiger partial charge on any atom is 0.322 e. The minimum Gasteiger partial charge on any atom is -0.497 e. The molecule has 0 spiro atoms. The van der Waals surface area contributed by atoms with E-state index >= 15 is 0 Å². The summed E-state index contributed by atoms with van der Waals surface area (Å²) in [5, 5.41) is 12.7. The van der Waals surface area contributed by atoms with E-state index in [4.69, 9.17) is 14.3 Å². The topological polar surface area (TPSA) is 97.5 Å². The summed E-state index contributed by atoms with van der Waals surface area (Å²) in [7, 11) is 1.64. The first-order chi connectivity index (χ1) is 17.1. The second kappa shape index (κ2) is 9.69. The molecule has 174 valence electrons. The molecular weight excluding hydrogens is 442 g/mol. The molecule has 2 aromatic heterocycles. The lowest BCUT2D eigenvalue weighted by atomic mass is 9.96. The number of anilines is 1. The number of furan rings is 1. The van der Waals surface area contributed by atoms with Gasteiger partial charge in [0.05, 0.1) is 18.2 Å². The van der Waals surface area contributed by atoms with Crippen molar-refractivity contribution in [2.75, 3.05) is 19.0 Å². The molecule has 0 atom stereocenters.